The van der Waals surface area contributed by atoms with Gasteiger partial charge in [-0.15, -0.1) is 0 Å². The number of rotatable bonds is 2. The zero-order valence-corrected chi connectivity index (χ0v) is 9.93. The van der Waals surface area contributed by atoms with Gasteiger partial charge in [-0.05, 0) is 37.1 Å². The summed E-state index contributed by atoms with van der Waals surface area (Å²) in [7, 11) is 0. The van der Waals surface area contributed by atoms with Gasteiger partial charge in [-0.2, -0.15) is 0 Å². The van der Waals surface area contributed by atoms with Crippen molar-refractivity contribution in [1.29, 1.82) is 0 Å². The number of aryl methyl sites for hydroxylation is 2. The SMILES string of the molecule is Cc1ccc(N2CC(C(=O)O)CC2=O)cc1C. The molecule has 2 rings (SSSR count). The van der Waals surface area contributed by atoms with Crippen LogP contribution in [0.1, 0.15) is 17.5 Å². The van der Waals surface area contributed by atoms with E-state index in [0.29, 0.717) is 0 Å². The molecule has 1 atom stereocenters. The molecule has 0 aliphatic carbocycles. The number of aliphatic carboxylic acids is 1. The van der Waals surface area contributed by atoms with Crippen molar-refractivity contribution in [3.63, 3.8) is 0 Å². The maximum atomic E-state index is 11.7. The van der Waals surface area contributed by atoms with Crippen molar-refractivity contribution in [3.05, 3.63) is 29.3 Å². The van der Waals surface area contributed by atoms with Crippen LogP contribution in [0.5, 0.6) is 0 Å². The third-order valence-corrected chi connectivity index (χ3v) is 3.28. The highest BCUT2D eigenvalue weighted by Gasteiger charge is 2.34. The van der Waals surface area contributed by atoms with E-state index in [1.807, 2.05) is 32.0 Å². The van der Waals surface area contributed by atoms with Crippen LogP contribution in [0.4, 0.5) is 5.69 Å². The summed E-state index contributed by atoms with van der Waals surface area (Å²) >= 11 is 0. The highest BCUT2D eigenvalue weighted by molar-refractivity contribution is 5.99. The van der Waals surface area contributed by atoms with Crippen LogP contribution in [0.3, 0.4) is 0 Å². The van der Waals surface area contributed by atoms with E-state index in [1.165, 1.54) is 0 Å². The van der Waals surface area contributed by atoms with Gasteiger partial charge in [0.25, 0.3) is 0 Å². The Morgan fingerprint density at radius 2 is 2.06 bits per heavy atom. The number of carbonyl (C=O) groups is 2. The number of anilines is 1. The summed E-state index contributed by atoms with van der Waals surface area (Å²) in [6.07, 6.45) is 0.0995. The molecule has 1 N–H and O–H groups in total. The summed E-state index contributed by atoms with van der Waals surface area (Å²) in [5, 5.41) is 8.92. The predicted molar refractivity (Wildman–Crippen MR) is 64.0 cm³/mol. The minimum atomic E-state index is -0.898. The van der Waals surface area contributed by atoms with Gasteiger partial charge in [0.05, 0.1) is 5.92 Å². The highest BCUT2D eigenvalue weighted by atomic mass is 16.4. The topological polar surface area (TPSA) is 57.6 Å². The van der Waals surface area contributed by atoms with Gasteiger partial charge in [0.1, 0.15) is 0 Å². The van der Waals surface area contributed by atoms with E-state index in [9.17, 15) is 9.59 Å². The molecule has 1 aromatic rings. The number of nitrogens with zero attached hydrogens (tertiary/aromatic N) is 1. The van der Waals surface area contributed by atoms with Crippen LogP contribution in [0.2, 0.25) is 0 Å². The van der Waals surface area contributed by atoms with E-state index in [1.54, 1.807) is 4.90 Å². The second-order valence-electron chi connectivity index (χ2n) is 4.51. The van der Waals surface area contributed by atoms with Gasteiger partial charge in [0, 0.05) is 18.7 Å². The van der Waals surface area contributed by atoms with E-state index in [2.05, 4.69) is 0 Å². The fourth-order valence-corrected chi connectivity index (χ4v) is 2.02. The fourth-order valence-electron chi connectivity index (χ4n) is 2.02. The molecule has 0 radical (unpaired) electrons. The first kappa shape index (κ1) is 11.6. The molecule has 0 aromatic heterocycles. The number of carboxylic acid groups (broad SMARTS) is 1. The van der Waals surface area contributed by atoms with Gasteiger partial charge >= 0.3 is 5.97 Å². The first-order valence-electron chi connectivity index (χ1n) is 5.59. The summed E-state index contributed by atoms with van der Waals surface area (Å²) in [5.41, 5.74) is 3.06. The molecule has 17 heavy (non-hydrogen) atoms. The number of hydrogen-bond acceptors (Lipinski definition) is 2. The molecule has 1 saturated heterocycles. The van der Waals surface area contributed by atoms with Gasteiger partial charge in [-0.3, -0.25) is 9.59 Å². The minimum Gasteiger partial charge on any atom is -0.481 e. The van der Waals surface area contributed by atoms with Crippen molar-refractivity contribution in [3.8, 4) is 0 Å². The molecular weight excluding hydrogens is 218 g/mol. The Kier molecular flexibility index (Phi) is 2.88. The molecular formula is C13H15NO3. The van der Waals surface area contributed by atoms with Crippen LogP contribution in [0.15, 0.2) is 18.2 Å². The van der Waals surface area contributed by atoms with Gasteiger partial charge in [-0.1, -0.05) is 6.07 Å². The Bertz CT molecular complexity index is 482. The molecule has 1 aliphatic heterocycles. The van der Waals surface area contributed by atoms with Crippen LogP contribution in [0.25, 0.3) is 0 Å². The van der Waals surface area contributed by atoms with E-state index >= 15 is 0 Å². The van der Waals surface area contributed by atoms with Gasteiger partial charge in [0.2, 0.25) is 5.91 Å². The van der Waals surface area contributed by atoms with E-state index in [-0.39, 0.29) is 18.9 Å². The van der Waals surface area contributed by atoms with Crippen LogP contribution < -0.4 is 4.90 Å². The smallest absolute Gasteiger partial charge is 0.308 e. The Balaban J connectivity index is 2.26. The standard InChI is InChI=1S/C13H15NO3/c1-8-3-4-11(5-9(8)2)14-7-10(13(16)17)6-12(14)15/h3-5,10H,6-7H2,1-2H3,(H,16,17). The second kappa shape index (κ2) is 4.20. The third-order valence-electron chi connectivity index (χ3n) is 3.28. The van der Waals surface area contributed by atoms with Crippen LogP contribution in [-0.4, -0.2) is 23.5 Å². The molecule has 0 saturated carbocycles. The average Bonchev–Trinajstić information content (AvgIpc) is 2.65. The number of carbonyl (C=O) groups excluding carboxylic acids is 1. The quantitative estimate of drug-likeness (QED) is 0.846. The summed E-state index contributed by atoms with van der Waals surface area (Å²) in [6, 6.07) is 5.74. The summed E-state index contributed by atoms with van der Waals surface area (Å²) < 4.78 is 0. The lowest BCUT2D eigenvalue weighted by Gasteiger charge is -2.17. The Morgan fingerprint density at radius 1 is 1.35 bits per heavy atom. The fraction of sp³-hybridized carbons (Fsp3) is 0.385. The number of benzene rings is 1. The summed E-state index contributed by atoms with van der Waals surface area (Å²) in [6.45, 7) is 4.26. The van der Waals surface area contributed by atoms with Crippen LogP contribution >= 0.6 is 0 Å². The number of carboxylic acids is 1. The lowest BCUT2D eigenvalue weighted by molar-refractivity contribution is -0.141. The van der Waals surface area contributed by atoms with E-state index < -0.39 is 11.9 Å². The molecule has 1 amide bonds. The van der Waals surface area contributed by atoms with Crippen molar-refractivity contribution < 1.29 is 14.7 Å². The van der Waals surface area contributed by atoms with E-state index in [4.69, 9.17) is 5.11 Å². The molecule has 1 aromatic carbocycles. The van der Waals surface area contributed by atoms with Gasteiger partial charge < -0.3 is 10.0 Å². The van der Waals surface area contributed by atoms with E-state index in [0.717, 1.165) is 16.8 Å². The predicted octanol–water partition coefficient (Wildman–Crippen LogP) is 1.74. The monoisotopic (exact) mass is 233 g/mol. The largest absolute Gasteiger partial charge is 0.481 e. The average molecular weight is 233 g/mol. The second-order valence-corrected chi connectivity index (χ2v) is 4.51. The van der Waals surface area contributed by atoms with Gasteiger partial charge in [-0.25, -0.2) is 0 Å². The third kappa shape index (κ3) is 2.16. The maximum Gasteiger partial charge on any atom is 0.308 e. The molecule has 1 fully saturated rings. The molecule has 1 aliphatic rings. The zero-order chi connectivity index (χ0) is 12.6. The Labute approximate surface area is 99.9 Å². The van der Waals surface area contributed by atoms with Crippen molar-refractivity contribution in [2.45, 2.75) is 20.3 Å². The zero-order valence-electron chi connectivity index (χ0n) is 9.93. The summed E-state index contributed by atoms with van der Waals surface area (Å²) in [5.74, 6) is -1.59. The van der Waals surface area contributed by atoms with Crippen LogP contribution in [0, 0.1) is 19.8 Å². The number of amides is 1. The first-order valence-corrected chi connectivity index (χ1v) is 5.59. The lowest BCUT2D eigenvalue weighted by atomic mass is 10.1. The Hall–Kier alpha value is -1.84. The molecule has 90 valence electrons. The first-order chi connectivity index (χ1) is 7.99. The van der Waals surface area contributed by atoms with Crippen molar-refractivity contribution in [2.75, 3.05) is 11.4 Å². The normalized spacial score (nSPS) is 19.8. The number of hydrogen-bond donors (Lipinski definition) is 1. The molecule has 4 heteroatoms. The molecule has 4 nitrogen and oxygen atoms in total. The van der Waals surface area contributed by atoms with Crippen molar-refractivity contribution in [1.82, 2.24) is 0 Å². The molecule has 1 heterocycles. The molecule has 1 unspecified atom stereocenters. The van der Waals surface area contributed by atoms with Crippen molar-refractivity contribution >= 4 is 17.6 Å². The summed E-state index contributed by atoms with van der Waals surface area (Å²) in [4.78, 5) is 24.2. The maximum absolute atomic E-state index is 11.7. The van der Waals surface area contributed by atoms with Gasteiger partial charge in [0.15, 0.2) is 0 Å². The highest BCUT2D eigenvalue weighted by Crippen LogP contribution is 2.26. The Morgan fingerprint density at radius 3 is 2.59 bits per heavy atom. The molecule has 0 bridgehead atoms. The lowest BCUT2D eigenvalue weighted by Crippen LogP contribution is -2.25. The minimum absolute atomic E-state index is 0.0995. The molecule has 0 spiro atoms. The van der Waals surface area contributed by atoms with Crippen molar-refractivity contribution in [2.24, 2.45) is 5.92 Å². The van der Waals surface area contributed by atoms with Crippen LogP contribution in [-0.2, 0) is 9.59 Å².